The molecule has 5 rings (SSSR count). The number of likely N-dealkylation sites (tertiary alicyclic amines) is 1. The normalized spacial score (nSPS) is 34.9. The molecule has 1 nitrogen and oxygen atoms in total. The van der Waals surface area contributed by atoms with E-state index in [1.54, 1.807) is 11.1 Å². The van der Waals surface area contributed by atoms with E-state index in [9.17, 15) is 0 Å². The Labute approximate surface area is 140 Å². The highest BCUT2D eigenvalue weighted by Crippen LogP contribution is 2.49. The number of benzene rings is 1. The summed E-state index contributed by atoms with van der Waals surface area (Å²) in [5.41, 5.74) is 3.86. The van der Waals surface area contributed by atoms with Gasteiger partial charge in [0.25, 0.3) is 0 Å². The minimum atomic E-state index is 0.528. The van der Waals surface area contributed by atoms with E-state index in [0.717, 1.165) is 17.8 Å². The third kappa shape index (κ3) is 2.31. The van der Waals surface area contributed by atoms with E-state index in [-0.39, 0.29) is 0 Å². The summed E-state index contributed by atoms with van der Waals surface area (Å²) in [4.78, 5) is 2.79. The molecule has 2 fully saturated rings. The molecule has 1 spiro atoms. The molecule has 0 radical (unpaired) electrons. The van der Waals surface area contributed by atoms with Crippen LogP contribution < -0.4 is 0 Å². The SMILES string of the molecule is C1=CC2C(CC1)C[C@@H]2CN1CCC2(CCc3ccccc32)CC1. The van der Waals surface area contributed by atoms with Crippen LogP contribution in [0.4, 0.5) is 0 Å². The second kappa shape index (κ2) is 5.48. The highest BCUT2D eigenvalue weighted by atomic mass is 15.1. The minimum Gasteiger partial charge on any atom is -0.303 e. The Bertz CT molecular complexity index is 608. The Morgan fingerprint density at radius 2 is 1.96 bits per heavy atom. The fraction of sp³-hybridized carbons (Fsp3) is 0.636. The number of rotatable bonds is 2. The summed E-state index contributed by atoms with van der Waals surface area (Å²) in [6.07, 6.45) is 14.8. The quantitative estimate of drug-likeness (QED) is 0.724. The van der Waals surface area contributed by atoms with Crippen LogP contribution in [0.1, 0.15) is 49.7 Å². The molecule has 1 saturated heterocycles. The van der Waals surface area contributed by atoms with Crippen molar-refractivity contribution in [1.82, 2.24) is 4.90 Å². The van der Waals surface area contributed by atoms with Crippen LogP contribution in [0, 0.1) is 17.8 Å². The molecule has 2 unspecified atom stereocenters. The van der Waals surface area contributed by atoms with Gasteiger partial charge in [-0.05, 0) is 92.3 Å². The van der Waals surface area contributed by atoms with Crippen LogP contribution in [0.2, 0.25) is 0 Å². The van der Waals surface area contributed by atoms with Crippen molar-refractivity contribution < 1.29 is 0 Å². The van der Waals surface area contributed by atoms with Gasteiger partial charge < -0.3 is 4.90 Å². The van der Waals surface area contributed by atoms with Gasteiger partial charge in [-0.1, -0.05) is 36.4 Å². The Hall–Kier alpha value is -1.08. The fourth-order valence-corrected chi connectivity index (χ4v) is 6.06. The summed E-state index contributed by atoms with van der Waals surface area (Å²) >= 11 is 0. The lowest BCUT2D eigenvalue weighted by Crippen LogP contribution is -2.48. The van der Waals surface area contributed by atoms with Crippen LogP contribution in [0.15, 0.2) is 36.4 Å². The molecule has 0 bridgehead atoms. The number of piperidine rings is 1. The van der Waals surface area contributed by atoms with E-state index in [0.29, 0.717) is 5.41 Å². The van der Waals surface area contributed by atoms with Crippen LogP contribution in [0.3, 0.4) is 0 Å². The molecule has 3 atom stereocenters. The lowest BCUT2D eigenvalue weighted by molar-refractivity contribution is 0.0426. The molecule has 23 heavy (non-hydrogen) atoms. The third-order valence-corrected chi connectivity index (χ3v) is 7.52. The summed E-state index contributed by atoms with van der Waals surface area (Å²) in [5, 5.41) is 0. The van der Waals surface area contributed by atoms with Crippen molar-refractivity contribution in [1.29, 1.82) is 0 Å². The van der Waals surface area contributed by atoms with Gasteiger partial charge in [0.05, 0.1) is 0 Å². The van der Waals surface area contributed by atoms with Gasteiger partial charge in [0, 0.05) is 6.54 Å². The summed E-state index contributed by atoms with van der Waals surface area (Å²) in [6.45, 7) is 4.01. The first-order chi connectivity index (χ1) is 11.3. The average Bonchev–Trinajstić information content (AvgIpc) is 2.94. The molecule has 0 N–H and O–H groups in total. The number of aryl methyl sites for hydroxylation is 1. The van der Waals surface area contributed by atoms with E-state index in [1.807, 2.05) is 0 Å². The fourth-order valence-electron chi connectivity index (χ4n) is 6.06. The number of allylic oxidation sites excluding steroid dienone is 2. The van der Waals surface area contributed by atoms with Gasteiger partial charge in [0.15, 0.2) is 0 Å². The Kier molecular flexibility index (Phi) is 3.40. The highest BCUT2D eigenvalue weighted by Gasteiger charge is 2.44. The zero-order valence-electron chi connectivity index (χ0n) is 14.2. The molecule has 1 heteroatoms. The van der Waals surface area contributed by atoms with Crippen LogP contribution in [-0.2, 0) is 11.8 Å². The van der Waals surface area contributed by atoms with Crippen LogP contribution in [0.25, 0.3) is 0 Å². The topological polar surface area (TPSA) is 3.24 Å². The largest absolute Gasteiger partial charge is 0.303 e. The van der Waals surface area contributed by atoms with E-state index < -0.39 is 0 Å². The number of hydrogen-bond acceptors (Lipinski definition) is 1. The maximum atomic E-state index is 2.79. The summed E-state index contributed by atoms with van der Waals surface area (Å²) in [5.74, 6) is 2.91. The third-order valence-electron chi connectivity index (χ3n) is 7.52. The molecule has 1 aliphatic heterocycles. The molecule has 4 aliphatic rings. The van der Waals surface area contributed by atoms with Gasteiger partial charge in [0.1, 0.15) is 0 Å². The molecule has 3 aliphatic carbocycles. The first kappa shape index (κ1) is 14.3. The van der Waals surface area contributed by atoms with Gasteiger partial charge in [0.2, 0.25) is 0 Å². The molecule has 1 aromatic rings. The lowest BCUT2D eigenvalue weighted by atomic mass is 9.61. The number of fused-ring (bicyclic) bond motifs is 3. The zero-order chi connectivity index (χ0) is 15.3. The minimum absolute atomic E-state index is 0.528. The number of hydrogen-bond donors (Lipinski definition) is 0. The van der Waals surface area contributed by atoms with E-state index >= 15 is 0 Å². The predicted octanol–water partition coefficient (Wildman–Crippen LogP) is 4.57. The van der Waals surface area contributed by atoms with Gasteiger partial charge in [-0.2, -0.15) is 0 Å². The van der Waals surface area contributed by atoms with Crippen molar-refractivity contribution in [2.75, 3.05) is 19.6 Å². The standard InChI is InChI=1S/C22H29N/c1-3-7-20-18(6-1)15-19(20)16-23-13-11-22(12-14-23)10-9-17-5-2-4-8-21(17)22/h2-5,7-8,18-20H,1,6,9-16H2/t18?,19-,20?/m1/s1. The maximum Gasteiger partial charge on any atom is 0.00155 e. The maximum absolute atomic E-state index is 2.79. The van der Waals surface area contributed by atoms with Crippen LogP contribution >= 0.6 is 0 Å². The first-order valence-corrected chi connectivity index (χ1v) is 9.81. The highest BCUT2D eigenvalue weighted by molar-refractivity contribution is 5.39. The monoisotopic (exact) mass is 307 g/mol. The Balaban J connectivity index is 1.22. The average molecular weight is 307 g/mol. The molecule has 1 heterocycles. The van der Waals surface area contributed by atoms with Crippen LogP contribution in [0.5, 0.6) is 0 Å². The summed E-state index contributed by atoms with van der Waals surface area (Å²) in [7, 11) is 0. The van der Waals surface area contributed by atoms with E-state index in [2.05, 4.69) is 41.3 Å². The predicted molar refractivity (Wildman–Crippen MR) is 95.6 cm³/mol. The Morgan fingerprint density at radius 3 is 2.83 bits per heavy atom. The summed E-state index contributed by atoms with van der Waals surface area (Å²) in [6, 6.07) is 9.25. The van der Waals surface area contributed by atoms with Gasteiger partial charge in [-0.3, -0.25) is 0 Å². The van der Waals surface area contributed by atoms with E-state index in [4.69, 9.17) is 0 Å². The second-order valence-corrected chi connectivity index (χ2v) is 8.58. The van der Waals surface area contributed by atoms with Crippen molar-refractivity contribution in [2.45, 2.75) is 50.4 Å². The van der Waals surface area contributed by atoms with Gasteiger partial charge in [-0.25, -0.2) is 0 Å². The van der Waals surface area contributed by atoms with E-state index in [1.165, 1.54) is 64.6 Å². The smallest absolute Gasteiger partial charge is 0.00155 e. The Morgan fingerprint density at radius 1 is 1.09 bits per heavy atom. The van der Waals surface area contributed by atoms with Crippen molar-refractivity contribution in [3.8, 4) is 0 Å². The number of nitrogens with zero attached hydrogens (tertiary/aromatic N) is 1. The second-order valence-electron chi connectivity index (χ2n) is 8.58. The first-order valence-electron chi connectivity index (χ1n) is 9.81. The molecule has 122 valence electrons. The molecule has 0 aromatic heterocycles. The van der Waals surface area contributed by atoms with Crippen molar-refractivity contribution in [3.63, 3.8) is 0 Å². The molecular formula is C22H29N. The summed E-state index contributed by atoms with van der Waals surface area (Å²) < 4.78 is 0. The lowest BCUT2D eigenvalue weighted by Gasteiger charge is -2.49. The van der Waals surface area contributed by atoms with Gasteiger partial charge in [-0.15, -0.1) is 0 Å². The zero-order valence-corrected chi connectivity index (χ0v) is 14.2. The van der Waals surface area contributed by atoms with Crippen LogP contribution in [-0.4, -0.2) is 24.5 Å². The van der Waals surface area contributed by atoms with Gasteiger partial charge >= 0.3 is 0 Å². The van der Waals surface area contributed by atoms with Crippen molar-refractivity contribution >= 4 is 0 Å². The van der Waals surface area contributed by atoms with Crippen molar-refractivity contribution in [2.24, 2.45) is 17.8 Å². The molecular weight excluding hydrogens is 278 g/mol. The molecule has 1 aromatic carbocycles. The van der Waals surface area contributed by atoms with Crippen molar-refractivity contribution in [3.05, 3.63) is 47.5 Å². The molecule has 0 amide bonds. The molecule has 1 saturated carbocycles.